The van der Waals surface area contributed by atoms with Crippen molar-refractivity contribution in [1.82, 2.24) is 0 Å². The van der Waals surface area contributed by atoms with Crippen LogP contribution >= 0.6 is 0 Å². The maximum atomic E-state index is 12.0. The fourth-order valence-electron chi connectivity index (χ4n) is 3.63. The van der Waals surface area contributed by atoms with Crippen LogP contribution in [0.1, 0.15) is 40.0 Å². The summed E-state index contributed by atoms with van der Waals surface area (Å²) in [7, 11) is 1.33. The van der Waals surface area contributed by atoms with E-state index >= 15 is 0 Å². The van der Waals surface area contributed by atoms with Gasteiger partial charge in [-0.05, 0) is 38.5 Å². The number of carbonyl (C=O) groups is 2. The molecule has 2 rings (SSSR count). The normalized spacial score (nSPS) is 38.6. The van der Waals surface area contributed by atoms with E-state index in [0.29, 0.717) is 5.92 Å². The fraction of sp³-hybridized carbons (Fsp3) is 0.857. The zero-order valence-electron chi connectivity index (χ0n) is 11.6. The largest absolute Gasteiger partial charge is 0.468 e. The average Bonchev–Trinajstić information content (AvgIpc) is 2.26. The highest BCUT2D eigenvalue weighted by atomic mass is 16.6. The van der Waals surface area contributed by atoms with Gasteiger partial charge >= 0.3 is 11.9 Å². The molecule has 0 bridgehead atoms. The Kier molecular flexibility index (Phi) is 3.39. The number of rotatable bonds is 1. The number of hydrogen-bond acceptors (Lipinski definition) is 4. The van der Waals surface area contributed by atoms with Crippen LogP contribution in [0.3, 0.4) is 0 Å². The van der Waals surface area contributed by atoms with Crippen molar-refractivity contribution in [3.05, 3.63) is 0 Å². The highest BCUT2D eigenvalue weighted by Gasteiger charge is 2.54. The lowest BCUT2D eigenvalue weighted by Gasteiger charge is -2.49. The van der Waals surface area contributed by atoms with E-state index in [2.05, 4.69) is 6.92 Å². The molecule has 0 spiro atoms. The molecule has 18 heavy (non-hydrogen) atoms. The molecule has 0 amide bonds. The van der Waals surface area contributed by atoms with Gasteiger partial charge in [-0.3, -0.25) is 9.59 Å². The Morgan fingerprint density at radius 3 is 2.67 bits per heavy atom. The molecule has 1 saturated heterocycles. The van der Waals surface area contributed by atoms with Gasteiger partial charge in [-0.25, -0.2) is 0 Å². The highest BCUT2D eigenvalue weighted by molar-refractivity contribution is 5.96. The SMILES string of the molecule is COC(=O)[C@@H]1C(=O)OC(C)(C)[C@@H]2CC[C@@H](C)C[C@H]12. The predicted octanol–water partition coefficient (Wildman–Crippen LogP) is 2.16. The van der Waals surface area contributed by atoms with E-state index in [4.69, 9.17) is 9.47 Å². The van der Waals surface area contributed by atoms with Crippen molar-refractivity contribution in [1.29, 1.82) is 0 Å². The van der Waals surface area contributed by atoms with Crippen LogP contribution in [-0.2, 0) is 19.1 Å². The van der Waals surface area contributed by atoms with E-state index in [1.54, 1.807) is 0 Å². The fourth-order valence-corrected chi connectivity index (χ4v) is 3.63. The zero-order chi connectivity index (χ0) is 13.5. The van der Waals surface area contributed by atoms with Crippen molar-refractivity contribution < 1.29 is 19.1 Å². The van der Waals surface area contributed by atoms with Gasteiger partial charge in [-0.15, -0.1) is 0 Å². The minimum absolute atomic E-state index is 0.0671. The van der Waals surface area contributed by atoms with Crippen molar-refractivity contribution in [3.8, 4) is 0 Å². The first kappa shape index (κ1) is 13.4. The van der Waals surface area contributed by atoms with Gasteiger partial charge in [0.1, 0.15) is 5.60 Å². The Morgan fingerprint density at radius 1 is 1.39 bits per heavy atom. The maximum Gasteiger partial charge on any atom is 0.321 e. The van der Waals surface area contributed by atoms with Crippen LogP contribution < -0.4 is 0 Å². The van der Waals surface area contributed by atoms with E-state index in [0.717, 1.165) is 19.3 Å². The molecular weight excluding hydrogens is 232 g/mol. The van der Waals surface area contributed by atoms with E-state index < -0.39 is 23.5 Å². The lowest BCUT2D eigenvalue weighted by Crippen LogP contribution is -2.55. The molecule has 0 aromatic heterocycles. The van der Waals surface area contributed by atoms with Crippen LogP contribution in [0.5, 0.6) is 0 Å². The van der Waals surface area contributed by atoms with Gasteiger partial charge in [0.2, 0.25) is 0 Å². The Morgan fingerprint density at radius 2 is 2.06 bits per heavy atom. The number of fused-ring (bicyclic) bond motifs is 1. The lowest BCUT2D eigenvalue weighted by atomic mass is 9.62. The van der Waals surface area contributed by atoms with Gasteiger partial charge in [-0.1, -0.05) is 13.3 Å². The molecule has 2 fully saturated rings. The number of hydrogen-bond donors (Lipinski definition) is 0. The summed E-state index contributed by atoms with van der Waals surface area (Å²) in [5.41, 5.74) is -0.466. The van der Waals surface area contributed by atoms with Gasteiger partial charge in [0.05, 0.1) is 7.11 Å². The third kappa shape index (κ3) is 2.13. The molecule has 2 aliphatic rings. The lowest BCUT2D eigenvalue weighted by molar-refractivity contribution is -0.199. The van der Waals surface area contributed by atoms with Crippen LogP contribution in [0, 0.1) is 23.7 Å². The molecule has 0 unspecified atom stereocenters. The second-order valence-electron chi connectivity index (χ2n) is 6.21. The Balaban J connectivity index is 2.31. The summed E-state index contributed by atoms with van der Waals surface area (Å²) in [6.45, 7) is 6.08. The smallest absolute Gasteiger partial charge is 0.321 e. The quantitative estimate of drug-likeness (QED) is 0.531. The summed E-state index contributed by atoms with van der Waals surface area (Å²) in [5.74, 6) is -0.703. The molecular formula is C14H22O4. The van der Waals surface area contributed by atoms with Crippen LogP contribution in [0.15, 0.2) is 0 Å². The molecule has 0 N–H and O–H groups in total. The first-order chi connectivity index (χ1) is 8.36. The molecule has 1 aliphatic carbocycles. The van der Waals surface area contributed by atoms with Gasteiger partial charge < -0.3 is 9.47 Å². The van der Waals surface area contributed by atoms with Crippen molar-refractivity contribution in [2.45, 2.75) is 45.6 Å². The monoisotopic (exact) mass is 254 g/mol. The van der Waals surface area contributed by atoms with E-state index in [-0.39, 0.29) is 11.8 Å². The van der Waals surface area contributed by atoms with E-state index in [1.807, 2.05) is 13.8 Å². The van der Waals surface area contributed by atoms with Crippen LogP contribution in [-0.4, -0.2) is 24.6 Å². The van der Waals surface area contributed by atoms with Crippen LogP contribution in [0.25, 0.3) is 0 Å². The molecule has 1 heterocycles. The van der Waals surface area contributed by atoms with Gasteiger partial charge in [0.25, 0.3) is 0 Å². The number of ether oxygens (including phenoxy) is 2. The second kappa shape index (κ2) is 4.56. The van der Waals surface area contributed by atoms with Crippen molar-refractivity contribution in [2.75, 3.05) is 7.11 Å². The summed E-state index contributed by atoms with van der Waals surface area (Å²) in [4.78, 5) is 23.9. The molecule has 1 aliphatic heterocycles. The average molecular weight is 254 g/mol. The van der Waals surface area contributed by atoms with E-state index in [9.17, 15) is 9.59 Å². The molecule has 4 atom stereocenters. The number of esters is 2. The molecule has 1 saturated carbocycles. The van der Waals surface area contributed by atoms with Crippen molar-refractivity contribution in [3.63, 3.8) is 0 Å². The molecule has 0 aromatic carbocycles. The second-order valence-corrected chi connectivity index (χ2v) is 6.21. The summed E-state index contributed by atoms with van der Waals surface area (Å²) in [6, 6.07) is 0. The minimum Gasteiger partial charge on any atom is -0.468 e. The molecule has 0 radical (unpaired) electrons. The highest BCUT2D eigenvalue weighted by Crippen LogP contribution is 2.48. The molecule has 4 heteroatoms. The first-order valence-corrected chi connectivity index (χ1v) is 6.67. The van der Waals surface area contributed by atoms with Gasteiger partial charge in [0.15, 0.2) is 5.92 Å². The Bertz CT molecular complexity index is 361. The van der Waals surface area contributed by atoms with E-state index in [1.165, 1.54) is 7.11 Å². The zero-order valence-corrected chi connectivity index (χ0v) is 11.6. The number of carbonyl (C=O) groups excluding carboxylic acids is 2. The standard InChI is InChI=1S/C14H22O4/c1-8-5-6-10-9(7-8)11(12(15)17-4)13(16)18-14(10,2)3/h8-11H,5-7H2,1-4H3/t8-,9+,10-,11-/m1/s1. The Labute approximate surface area is 108 Å². The topological polar surface area (TPSA) is 52.6 Å². The van der Waals surface area contributed by atoms with Gasteiger partial charge in [0, 0.05) is 5.92 Å². The third-order valence-electron chi connectivity index (χ3n) is 4.56. The Hall–Kier alpha value is -1.06. The summed E-state index contributed by atoms with van der Waals surface area (Å²) >= 11 is 0. The first-order valence-electron chi connectivity index (χ1n) is 6.67. The van der Waals surface area contributed by atoms with Crippen LogP contribution in [0.4, 0.5) is 0 Å². The van der Waals surface area contributed by atoms with Crippen molar-refractivity contribution >= 4 is 11.9 Å². The number of methoxy groups -OCH3 is 1. The molecule has 102 valence electrons. The van der Waals surface area contributed by atoms with Crippen LogP contribution in [0.2, 0.25) is 0 Å². The predicted molar refractivity (Wildman–Crippen MR) is 65.7 cm³/mol. The molecule has 0 aromatic rings. The maximum absolute atomic E-state index is 12.0. The molecule has 4 nitrogen and oxygen atoms in total. The third-order valence-corrected chi connectivity index (χ3v) is 4.56. The summed E-state index contributed by atoms with van der Waals surface area (Å²) < 4.78 is 10.2. The summed E-state index contributed by atoms with van der Waals surface area (Å²) in [5, 5.41) is 0. The number of cyclic esters (lactones) is 1. The van der Waals surface area contributed by atoms with Crippen molar-refractivity contribution in [2.24, 2.45) is 23.7 Å². The summed E-state index contributed by atoms with van der Waals surface area (Å²) in [6.07, 6.45) is 3.05. The van der Waals surface area contributed by atoms with Gasteiger partial charge in [-0.2, -0.15) is 0 Å². The minimum atomic E-state index is -0.726.